The van der Waals surface area contributed by atoms with Gasteiger partial charge in [0.1, 0.15) is 12.3 Å². The number of aromatic amines is 1. The Labute approximate surface area is 128 Å². The van der Waals surface area contributed by atoms with Crippen LogP contribution >= 0.6 is 15.9 Å². The standard InChI is InChI=1S/C12H16BrN3O5/c1-6-4-16(12(20)15-11(6)19)10-2-7(8(5-17)21-10)14-9(18)3-13/h4,7-8,10,17H,2-3,5H2,1H3,(H,14,18)(H,15,19,20)/t7-,8+,10+/m0/s1. The minimum absolute atomic E-state index is 0.143. The first-order valence-corrected chi connectivity index (χ1v) is 7.52. The fourth-order valence-corrected chi connectivity index (χ4v) is 2.43. The van der Waals surface area contributed by atoms with Crippen LogP contribution in [0.2, 0.25) is 0 Å². The highest BCUT2D eigenvalue weighted by atomic mass is 79.9. The molecule has 1 fully saturated rings. The van der Waals surface area contributed by atoms with E-state index in [0.717, 1.165) is 0 Å². The van der Waals surface area contributed by atoms with Crippen molar-refractivity contribution in [3.05, 3.63) is 32.6 Å². The Morgan fingerprint density at radius 3 is 2.95 bits per heavy atom. The number of H-pyrrole nitrogens is 1. The molecule has 3 atom stereocenters. The van der Waals surface area contributed by atoms with Gasteiger partial charge in [-0.15, -0.1) is 0 Å². The van der Waals surface area contributed by atoms with E-state index in [-0.39, 0.29) is 17.8 Å². The molecule has 1 aliphatic rings. The van der Waals surface area contributed by atoms with E-state index in [9.17, 15) is 19.5 Å². The quantitative estimate of drug-likeness (QED) is 0.595. The molecule has 21 heavy (non-hydrogen) atoms. The van der Waals surface area contributed by atoms with Crippen LogP contribution in [0.25, 0.3) is 0 Å². The molecule has 9 heteroatoms. The molecule has 1 aliphatic heterocycles. The van der Waals surface area contributed by atoms with E-state index in [1.165, 1.54) is 10.8 Å². The third-order valence-corrected chi connectivity index (χ3v) is 3.85. The molecule has 2 heterocycles. The summed E-state index contributed by atoms with van der Waals surface area (Å²) in [5, 5.41) is 12.2. The zero-order chi connectivity index (χ0) is 15.6. The van der Waals surface area contributed by atoms with Gasteiger partial charge in [-0.3, -0.25) is 19.1 Å². The van der Waals surface area contributed by atoms with Gasteiger partial charge in [-0.05, 0) is 6.92 Å². The zero-order valence-electron chi connectivity index (χ0n) is 11.3. The van der Waals surface area contributed by atoms with Crippen LogP contribution in [-0.2, 0) is 9.53 Å². The first-order chi connectivity index (χ1) is 9.96. The molecule has 0 bridgehead atoms. The van der Waals surface area contributed by atoms with Crippen molar-refractivity contribution in [3.8, 4) is 0 Å². The van der Waals surface area contributed by atoms with Crippen molar-refractivity contribution in [3.63, 3.8) is 0 Å². The van der Waals surface area contributed by atoms with Gasteiger partial charge in [0.2, 0.25) is 5.91 Å². The molecule has 8 nitrogen and oxygen atoms in total. The highest BCUT2D eigenvalue weighted by Crippen LogP contribution is 2.27. The number of amides is 1. The monoisotopic (exact) mass is 361 g/mol. The number of aromatic nitrogens is 2. The van der Waals surface area contributed by atoms with Crippen molar-refractivity contribution < 1.29 is 14.6 Å². The summed E-state index contributed by atoms with van der Waals surface area (Å²) in [6.07, 6.45) is 0.493. The van der Waals surface area contributed by atoms with E-state index in [1.54, 1.807) is 6.92 Å². The lowest BCUT2D eigenvalue weighted by atomic mass is 10.1. The Bertz CT molecular complexity index is 641. The maximum Gasteiger partial charge on any atom is 0.330 e. The second kappa shape index (κ2) is 6.54. The lowest BCUT2D eigenvalue weighted by Crippen LogP contribution is -2.42. The number of aliphatic hydroxyl groups excluding tert-OH is 1. The summed E-state index contributed by atoms with van der Waals surface area (Å²) in [7, 11) is 0. The molecule has 1 aromatic heterocycles. The number of carbonyl (C=O) groups excluding carboxylic acids is 1. The summed E-state index contributed by atoms with van der Waals surface area (Å²) in [6.45, 7) is 1.30. The molecule has 0 saturated carbocycles. The smallest absolute Gasteiger partial charge is 0.330 e. The van der Waals surface area contributed by atoms with Crippen LogP contribution < -0.4 is 16.6 Å². The number of ether oxygens (including phenoxy) is 1. The maximum absolute atomic E-state index is 11.8. The molecule has 1 saturated heterocycles. The van der Waals surface area contributed by atoms with E-state index in [1.807, 2.05) is 0 Å². The number of halogens is 1. The Morgan fingerprint density at radius 2 is 2.33 bits per heavy atom. The Kier molecular flexibility index (Phi) is 4.96. The third-order valence-electron chi connectivity index (χ3n) is 3.34. The summed E-state index contributed by atoms with van der Waals surface area (Å²) in [4.78, 5) is 36.8. The van der Waals surface area contributed by atoms with Crippen LogP contribution in [0.5, 0.6) is 0 Å². The van der Waals surface area contributed by atoms with Gasteiger partial charge < -0.3 is 15.2 Å². The van der Waals surface area contributed by atoms with Gasteiger partial charge in [-0.25, -0.2) is 4.79 Å². The summed E-state index contributed by atoms with van der Waals surface area (Å²) in [5.74, 6) is -0.229. The molecule has 2 rings (SSSR count). The molecule has 3 N–H and O–H groups in total. The molecule has 1 aromatic rings. The molecular weight excluding hydrogens is 346 g/mol. The second-order valence-corrected chi connectivity index (χ2v) is 5.39. The van der Waals surface area contributed by atoms with Crippen LogP contribution in [0.1, 0.15) is 18.2 Å². The van der Waals surface area contributed by atoms with E-state index in [2.05, 4.69) is 26.2 Å². The Hall–Kier alpha value is -1.45. The number of aliphatic hydroxyl groups is 1. The van der Waals surface area contributed by atoms with Crippen molar-refractivity contribution in [1.29, 1.82) is 0 Å². The van der Waals surface area contributed by atoms with Crippen LogP contribution in [0, 0.1) is 6.92 Å². The van der Waals surface area contributed by atoms with Crippen LogP contribution in [0.15, 0.2) is 15.8 Å². The fraction of sp³-hybridized carbons (Fsp3) is 0.583. The highest BCUT2D eigenvalue weighted by molar-refractivity contribution is 9.09. The minimum Gasteiger partial charge on any atom is -0.394 e. The third kappa shape index (κ3) is 3.42. The van der Waals surface area contributed by atoms with Crippen molar-refractivity contribution >= 4 is 21.8 Å². The lowest BCUT2D eigenvalue weighted by molar-refractivity contribution is -0.119. The molecular formula is C12H16BrN3O5. The van der Waals surface area contributed by atoms with Crippen molar-refractivity contribution in [2.75, 3.05) is 11.9 Å². The van der Waals surface area contributed by atoms with Gasteiger partial charge in [-0.2, -0.15) is 0 Å². The van der Waals surface area contributed by atoms with Gasteiger partial charge in [0.05, 0.1) is 18.0 Å². The van der Waals surface area contributed by atoms with Crippen LogP contribution in [0.4, 0.5) is 0 Å². The summed E-state index contributed by atoms with van der Waals surface area (Å²) in [5.41, 5.74) is -0.649. The zero-order valence-corrected chi connectivity index (χ0v) is 12.9. The predicted molar refractivity (Wildman–Crippen MR) is 77.4 cm³/mol. The second-order valence-electron chi connectivity index (χ2n) is 4.83. The predicted octanol–water partition coefficient (Wildman–Crippen LogP) is -0.995. The number of nitrogens with zero attached hydrogens (tertiary/aromatic N) is 1. The van der Waals surface area contributed by atoms with E-state index in [0.29, 0.717) is 12.0 Å². The fourth-order valence-electron chi connectivity index (χ4n) is 2.27. The number of carbonyl (C=O) groups is 1. The normalized spacial score (nSPS) is 25.0. The summed E-state index contributed by atoms with van der Waals surface area (Å²) < 4.78 is 6.85. The Balaban J connectivity index is 2.23. The average Bonchev–Trinajstić information content (AvgIpc) is 2.85. The topological polar surface area (TPSA) is 113 Å². The number of nitrogens with one attached hydrogen (secondary N) is 2. The van der Waals surface area contributed by atoms with Gasteiger partial charge in [0.25, 0.3) is 5.56 Å². The first kappa shape index (κ1) is 15.9. The van der Waals surface area contributed by atoms with Crippen LogP contribution in [-0.4, -0.2) is 44.6 Å². The lowest BCUT2D eigenvalue weighted by Gasteiger charge is -2.16. The molecule has 0 spiro atoms. The number of aryl methyl sites for hydroxylation is 1. The molecule has 1 amide bonds. The van der Waals surface area contributed by atoms with Gasteiger partial charge in [0, 0.05) is 18.2 Å². The van der Waals surface area contributed by atoms with Gasteiger partial charge in [-0.1, -0.05) is 15.9 Å². The minimum atomic E-state index is -0.647. The van der Waals surface area contributed by atoms with Gasteiger partial charge >= 0.3 is 5.69 Å². The van der Waals surface area contributed by atoms with Crippen molar-refractivity contribution in [1.82, 2.24) is 14.9 Å². The highest BCUT2D eigenvalue weighted by Gasteiger charge is 2.37. The van der Waals surface area contributed by atoms with Gasteiger partial charge in [0.15, 0.2) is 0 Å². The van der Waals surface area contributed by atoms with E-state index in [4.69, 9.17) is 4.74 Å². The largest absolute Gasteiger partial charge is 0.394 e. The van der Waals surface area contributed by atoms with Crippen molar-refractivity contribution in [2.45, 2.75) is 31.7 Å². The summed E-state index contributed by atoms with van der Waals surface area (Å²) in [6, 6.07) is -0.399. The molecule has 0 aliphatic carbocycles. The number of hydrogen-bond donors (Lipinski definition) is 3. The van der Waals surface area contributed by atoms with Crippen molar-refractivity contribution in [2.24, 2.45) is 0 Å². The first-order valence-electron chi connectivity index (χ1n) is 6.40. The van der Waals surface area contributed by atoms with E-state index >= 15 is 0 Å². The Morgan fingerprint density at radius 1 is 1.62 bits per heavy atom. The summed E-state index contributed by atoms with van der Waals surface area (Å²) >= 11 is 3.04. The van der Waals surface area contributed by atoms with E-state index < -0.39 is 29.6 Å². The maximum atomic E-state index is 11.8. The SMILES string of the molecule is Cc1cn([C@H]2C[C@H](NC(=O)CBr)[C@@H](CO)O2)c(=O)[nH]c1=O. The number of alkyl halides is 1. The number of rotatable bonds is 4. The number of hydrogen-bond acceptors (Lipinski definition) is 5. The molecule has 0 aromatic carbocycles. The average molecular weight is 362 g/mol. The van der Waals surface area contributed by atoms with Crippen LogP contribution in [0.3, 0.4) is 0 Å². The molecule has 116 valence electrons. The molecule has 0 radical (unpaired) electrons. The molecule has 0 unspecified atom stereocenters.